The summed E-state index contributed by atoms with van der Waals surface area (Å²) in [6, 6.07) is 12.4. The molecule has 0 aliphatic heterocycles. The molecule has 0 spiro atoms. The quantitative estimate of drug-likeness (QED) is 0.739. The number of nitrogens with zero attached hydrogens (tertiary/aromatic N) is 4. The predicted molar refractivity (Wildman–Crippen MR) is 82.1 cm³/mol. The first-order valence-electron chi connectivity index (χ1n) is 6.94. The van der Waals surface area contributed by atoms with E-state index in [9.17, 15) is 0 Å². The van der Waals surface area contributed by atoms with Gasteiger partial charge in [0.25, 0.3) is 5.78 Å². The molecular formula is C15H18N6. The van der Waals surface area contributed by atoms with Crippen LogP contribution in [-0.2, 0) is 6.42 Å². The molecule has 21 heavy (non-hydrogen) atoms. The number of aromatic nitrogens is 4. The molecule has 2 aromatic heterocycles. The van der Waals surface area contributed by atoms with Gasteiger partial charge in [0, 0.05) is 24.3 Å². The Bertz CT molecular complexity index is 721. The molecule has 3 aromatic rings. The molecule has 0 aliphatic carbocycles. The van der Waals surface area contributed by atoms with Crippen molar-refractivity contribution < 1.29 is 0 Å². The van der Waals surface area contributed by atoms with Crippen LogP contribution < -0.4 is 11.1 Å². The molecule has 0 amide bonds. The number of nitrogens with two attached hydrogens (primary N) is 1. The number of hydrogen-bond donors (Lipinski definition) is 2. The van der Waals surface area contributed by atoms with Gasteiger partial charge in [-0.1, -0.05) is 30.3 Å². The van der Waals surface area contributed by atoms with E-state index < -0.39 is 0 Å². The van der Waals surface area contributed by atoms with Crippen LogP contribution in [0.4, 0.5) is 5.82 Å². The summed E-state index contributed by atoms with van der Waals surface area (Å²) in [4.78, 5) is 8.46. The second kappa shape index (κ2) is 5.88. The molecule has 0 bridgehead atoms. The van der Waals surface area contributed by atoms with E-state index in [0.29, 0.717) is 12.3 Å². The van der Waals surface area contributed by atoms with Crippen LogP contribution in [0, 0.1) is 6.92 Å². The molecule has 0 radical (unpaired) electrons. The molecule has 1 atom stereocenters. The molecule has 3 rings (SSSR count). The average molecular weight is 282 g/mol. The zero-order chi connectivity index (χ0) is 14.7. The topological polar surface area (TPSA) is 81.1 Å². The zero-order valence-corrected chi connectivity index (χ0v) is 11.9. The van der Waals surface area contributed by atoms with Crippen LogP contribution in [0.3, 0.4) is 0 Å². The van der Waals surface area contributed by atoms with Crippen LogP contribution in [-0.4, -0.2) is 32.2 Å². The Morgan fingerprint density at radius 2 is 2.10 bits per heavy atom. The summed E-state index contributed by atoms with van der Waals surface area (Å²) >= 11 is 0. The number of benzene rings is 1. The SMILES string of the molecule is Cc1cc(NC(CN)Cc2ccccc2)n2ncnc2n1. The summed E-state index contributed by atoms with van der Waals surface area (Å²) < 4.78 is 1.70. The molecule has 1 aromatic carbocycles. The van der Waals surface area contributed by atoms with E-state index in [1.165, 1.54) is 11.9 Å². The maximum atomic E-state index is 5.90. The molecule has 3 N–H and O–H groups in total. The van der Waals surface area contributed by atoms with Gasteiger partial charge in [-0.2, -0.15) is 14.6 Å². The lowest BCUT2D eigenvalue weighted by molar-refractivity contribution is 0.712. The minimum absolute atomic E-state index is 0.126. The normalized spacial score (nSPS) is 12.5. The van der Waals surface area contributed by atoms with Gasteiger partial charge in [0.15, 0.2) is 0 Å². The number of rotatable bonds is 5. The smallest absolute Gasteiger partial charge is 0.254 e. The van der Waals surface area contributed by atoms with Crippen molar-refractivity contribution in [1.82, 2.24) is 19.6 Å². The number of anilines is 1. The zero-order valence-electron chi connectivity index (χ0n) is 11.9. The molecular weight excluding hydrogens is 264 g/mol. The highest BCUT2D eigenvalue weighted by Crippen LogP contribution is 2.13. The summed E-state index contributed by atoms with van der Waals surface area (Å²) in [5.74, 6) is 1.45. The van der Waals surface area contributed by atoms with E-state index in [1.54, 1.807) is 4.52 Å². The van der Waals surface area contributed by atoms with Crippen LogP contribution in [0.1, 0.15) is 11.3 Å². The van der Waals surface area contributed by atoms with E-state index in [0.717, 1.165) is 17.9 Å². The molecule has 6 nitrogen and oxygen atoms in total. The van der Waals surface area contributed by atoms with Gasteiger partial charge >= 0.3 is 0 Å². The largest absolute Gasteiger partial charge is 0.366 e. The molecule has 0 aliphatic rings. The van der Waals surface area contributed by atoms with Crippen LogP contribution in [0.25, 0.3) is 5.78 Å². The van der Waals surface area contributed by atoms with E-state index in [2.05, 4.69) is 32.5 Å². The first-order chi connectivity index (χ1) is 10.3. The van der Waals surface area contributed by atoms with Crippen molar-refractivity contribution in [2.75, 3.05) is 11.9 Å². The van der Waals surface area contributed by atoms with Gasteiger partial charge in [-0.25, -0.2) is 4.98 Å². The number of fused-ring (bicyclic) bond motifs is 1. The standard InChI is InChI=1S/C15H18N6/c1-11-7-14(21-15(19-11)17-10-18-21)20-13(9-16)8-12-5-3-2-4-6-12/h2-7,10,13,20H,8-9,16H2,1H3. The second-order valence-corrected chi connectivity index (χ2v) is 5.02. The Hall–Kier alpha value is -2.47. The Labute approximate surface area is 123 Å². The molecule has 108 valence electrons. The monoisotopic (exact) mass is 282 g/mol. The van der Waals surface area contributed by atoms with Crippen molar-refractivity contribution in [2.24, 2.45) is 5.73 Å². The van der Waals surface area contributed by atoms with E-state index >= 15 is 0 Å². The van der Waals surface area contributed by atoms with Gasteiger partial charge < -0.3 is 11.1 Å². The third-order valence-electron chi connectivity index (χ3n) is 3.34. The highest BCUT2D eigenvalue weighted by Gasteiger charge is 2.11. The van der Waals surface area contributed by atoms with Gasteiger partial charge in [-0.15, -0.1) is 0 Å². The van der Waals surface area contributed by atoms with Gasteiger partial charge in [0.1, 0.15) is 12.1 Å². The van der Waals surface area contributed by atoms with Crippen LogP contribution in [0.15, 0.2) is 42.7 Å². The maximum Gasteiger partial charge on any atom is 0.254 e. The number of hydrogen-bond acceptors (Lipinski definition) is 5. The fourth-order valence-electron chi connectivity index (χ4n) is 2.33. The maximum absolute atomic E-state index is 5.90. The van der Waals surface area contributed by atoms with Crippen molar-refractivity contribution in [2.45, 2.75) is 19.4 Å². The first-order valence-corrected chi connectivity index (χ1v) is 6.94. The van der Waals surface area contributed by atoms with Gasteiger partial charge in [-0.3, -0.25) is 0 Å². The lowest BCUT2D eigenvalue weighted by Gasteiger charge is -2.18. The van der Waals surface area contributed by atoms with E-state index in [4.69, 9.17) is 5.73 Å². The summed E-state index contributed by atoms with van der Waals surface area (Å²) in [7, 11) is 0. The van der Waals surface area contributed by atoms with Crippen molar-refractivity contribution >= 4 is 11.6 Å². The van der Waals surface area contributed by atoms with Crippen molar-refractivity contribution in [3.8, 4) is 0 Å². The van der Waals surface area contributed by atoms with Crippen LogP contribution in [0.5, 0.6) is 0 Å². The fourth-order valence-corrected chi connectivity index (χ4v) is 2.33. The lowest BCUT2D eigenvalue weighted by atomic mass is 10.1. The molecule has 0 saturated heterocycles. The first kappa shape index (κ1) is 13.5. The molecule has 1 unspecified atom stereocenters. The molecule has 2 heterocycles. The Morgan fingerprint density at radius 1 is 1.29 bits per heavy atom. The van der Waals surface area contributed by atoms with Gasteiger partial charge in [0.05, 0.1) is 0 Å². The van der Waals surface area contributed by atoms with Crippen LogP contribution in [0.2, 0.25) is 0 Å². The summed E-state index contributed by atoms with van der Waals surface area (Å²) in [5, 5.41) is 7.64. The third kappa shape index (κ3) is 3.00. The van der Waals surface area contributed by atoms with Gasteiger partial charge in [-0.05, 0) is 18.9 Å². The summed E-state index contributed by atoms with van der Waals surface area (Å²) in [6.07, 6.45) is 2.36. The number of aryl methyl sites for hydroxylation is 1. The lowest BCUT2D eigenvalue weighted by Crippen LogP contribution is -2.32. The van der Waals surface area contributed by atoms with E-state index in [1.807, 2.05) is 31.2 Å². The Balaban J connectivity index is 1.84. The van der Waals surface area contributed by atoms with Crippen molar-refractivity contribution in [3.63, 3.8) is 0 Å². The second-order valence-electron chi connectivity index (χ2n) is 5.02. The van der Waals surface area contributed by atoms with Crippen LogP contribution >= 0.6 is 0 Å². The highest BCUT2D eigenvalue weighted by atomic mass is 15.4. The molecule has 6 heteroatoms. The Kier molecular flexibility index (Phi) is 3.79. The predicted octanol–water partition coefficient (Wildman–Crippen LogP) is 1.41. The fraction of sp³-hybridized carbons (Fsp3) is 0.267. The molecule has 0 saturated carbocycles. The van der Waals surface area contributed by atoms with E-state index in [-0.39, 0.29) is 6.04 Å². The Morgan fingerprint density at radius 3 is 2.86 bits per heavy atom. The minimum atomic E-state index is 0.126. The summed E-state index contributed by atoms with van der Waals surface area (Å²) in [5.41, 5.74) is 8.05. The minimum Gasteiger partial charge on any atom is -0.366 e. The number of nitrogens with one attached hydrogen (secondary N) is 1. The summed E-state index contributed by atoms with van der Waals surface area (Å²) in [6.45, 7) is 2.47. The van der Waals surface area contributed by atoms with Gasteiger partial charge in [0.2, 0.25) is 0 Å². The van der Waals surface area contributed by atoms with Crippen molar-refractivity contribution in [1.29, 1.82) is 0 Å². The highest BCUT2D eigenvalue weighted by molar-refractivity contribution is 5.45. The third-order valence-corrected chi connectivity index (χ3v) is 3.34. The van der Waals surface area contributed by atoms with Crippen molar-refractivity contribution in [3.05, 3.63) is 54.0 Å². The molecule has 0 fully saturated rings. The average Bonchev–Trinajstić information content (AvgIpc) is 2.96.